The number of oxime groups is 2. The SMILES string of the molecule is CON=CC1=C(C(=O)OC(c2ccccc2)c2ccccc2)N2C(=O)C(NC(=O)/C(=N\OC)c3csc(NC(=O)CCl)n3)[C@@H]2S[C@@H]1C. The molecular weight excluding hydrogens is 668 g/mol. The smallest absolute Gasteiger partial charge is 0.356 e. The zero-order valence-corrected chi connectivity index (χ0v) is 27.7. The number of nitrogens with zero attached hydrogens (tertiary/aromatic N) is 4. The minimum Gasteiger partial charge on any atom is -0.448 e. The first-order valence-electron chi connectivity index (χ1n) is 14.1. The number of hydrogen-bond acceptors (Lipinski definition) is 12. The molecule has 0 bridgehead atoms. The largest absolute Gasteiger partial charge is 0.448 e. The van der Waals surface area contributed by atoms with Crippen molar-refractivity contribution in [1.82, 2.24) is 15.2 Å². The monoisotopic (exact) mass is 696 g/mol. The number of thioether (sulfide) groups is 1. The van der Waals surface area contributed by atoms with Crippen LogP contribution in [0.15, 0.2) is 87.6 Å². The van der Waals surface area contributed by atoms with Crippen LogP contribution in [0.5, 0.6) is 0 Å². The second-order valence-corrected chi connectivity index (χ2v) is 12.6. The predicted molar refractivity (Wildman–Crippen MR) is 178 cm³/mol. The number of rotatable bonds is 12. The van der Waals surface area contributed by atoms with Gasteiger partial charge in [0.2, 0.25) is 5.91 Å². The molecule has 2 aromatic carbocycles. The van der Waals surface area contributed by atoms with Gasteiger partial charge in [-0.2, -0.15) is 0 Å². The van der Waals surface area contributed by atoms with Gasteiger partial charge in [0.1, 0.15) is 42.9 Å². The maximum Gasteiger partial charge on any atom is 0.356 e. The highest BCUT2D eigenvalue weighted by Gasteiger charge is 2.56. The topological polar surface area (TPSA) is 161 Å². The lowest BCUT2D eigenvalue weighted by molar-refractivity contribution is -0.154. The second kappa shape index (κ2) is 15.2. The Morgan fingerprint density at radius 1 is 1.06 bits per heavy atom. The fourth-order valence-corrected chi connectivity index (χ4v) is 7.11. The van der Waals surface area contributed by atoms with Crippen LogP contribution in [0, 0.1) is 0 Å². The van der Waals surface area contributed by atoms with Crippen LogP contribution >= 0.6 is 34.7 Å². The van der Waals surface area contributed by atoms with E-state index in [1.807, 2.05) is 67.6 Å². The molecule has 3 aromatic rings. The first-order chi connectivity index (χ1) is 22.8. The molecule has 3 heterocycles. The third-order valence-electron chi connectivity index (χ3n) is 7.06. The highest BCUT2D eigenvalue weighted by molar-refractivity contribution is 8.00. The maximum absolute atomic E-state index is 14.1. The Kier molecular flexibility index (Phi) is 10.9. The molecule has 0 spiro atoms. The van der Waals surface area contributed by atoms with E-state index in [2.05, 4.69) is 25.9 Å². The molecular formula is C31H29ClN6O7S2. The average Bonchev–Trinajstić information content (AvgIpc) is 3.55. The number of anilines is 1. The van der Waals surface area contributed by atoms with Gasteiger partial charge in [-0.25, -0.2) is 9.78 Å². The third kappa shape index (κ3) is 7.32. The molecule has 3 atom stereocenters. The summed E-state index contributed by atoms with van der Waals surface area (Å²) in [5, 5.41) is 13.6. The lowest BCUT2D eigenvalue weighted by atomic mass is 9.99. The van der Waals surface area contributed by atoms with Gasteiger partial charge in [0.05, 0.1) is 6.21 Å². The van der Waals surface area contributed by atoms with Crippen LogP contribution in [0.2, 0.25) is 0 Å². The van der Waals surface area contributed by atoms with E-state index in [-0.39, 0.29) is 33.4 Å². The molecule has 1 saturated heterocycles. The standard InChI is InChI=1S/C31H29ClN6O7S2/c1-17-20(15-33-43-2)25(30(42)45-26(18-10-6-4-7-11-18)19-12-8-5-9-13-19)38-28(41)24(29(38)47-17)36-27(40)23(37-44-3)21-16-46-31(34-21)35-22(39)14-32/h4-13,15-17,24,26,29H,14H2,1-3H3,(H,36,40)(H,34,35,39)/b33-15?,37-23-/t17-,24?,29+/m1/s1. The number of benzene rings is 2. The number of thiazole rings is 1. The zero-order valence-electron chi connectivity index (χ0n) is 25.3. The van der Waals surface area contributed by atoms with E-state index in [0.29, 0.717) is 5.57 Å². The second-order valence-electron chi connectivity index (χ2n) is 10.00. The number of aromatic nitrogens is 1. The molecule has 244 valence electrons. The van der Waals surface area contributed by atoms with E-state index >= 15 is 0 Å². The number of alkyl halides is 1. The van der Waals surface area contributed by atoms with Crippen LogP contribution in [-0.2, 0) is 33.6 Å². The Morgan fingerprint density at radius 3 is 2.32 bits per heavy atom. The van der Waals surface area contributed by atoms with Crippen molar-refractivity contribution < 1.29 is 33.6 Å². The normalized spacial score (nSPS) is 19.3. The van der Waals surface area contributed by atoms with E-state index in [1.165, 1.54) is 42.5 Å². The lowest BCUT2D eigenvalue weighted by Crippen LogP contribution is -2.71. The summed E-state index contributed by atoms with van der Waals surface area (Å²) in [4.78, 5) is 68.1. The van der Waals surface area contributed by atoms with E-state index in [9.17, 15) is 19.2 Å². The third-order valence-corrected chi connectivity index (χ3v) is 9.48. The number of ether oxygens (including phenoxy) is 1. The van der Waals surface area contributed by atoms with Crippen LogP contribution in [0.3, 0.4) is 0 Å². The summed E-state index contributed by atoms with van der Waals surface area (Å²) in [7, 11) is 2.63. The van der Waals surface area contributed by atoms with Crippen molar-refractivity contribution in [3.8, 4) is 0 Å². The van der Waals surface area contributed by atoms with Crippen molar-refractivity contribution in [1.29, 1.82) is 0 Å². The number of fused-ring (bicyclic) bond motifs is 1. The number of halogens is 1. The van der Waals surface area contributed by atoms with Crippen LogP contribution in [0.4, 0.5) is 5.13 Å². The summed E-state index contributed by atoms with van der Waals surface area (Å²) in [6.45, 7) is 1.85. The molecule has 2 aliphatic rings. The molecule has 3 amide bonds. The minimum atomic E-state index is -1.02. The van der Waals surface area contributed by atoms with Gasteiger partial charge in [-0.3, -0.25) is 19.3 Å². The molecule has 0 aliphatic carbocycles. The number of amides is 3. The Bertz CT molecular complexity index is 1690. The first kappa shape index (κ1) is 33.6. The van der Waals surface area contributed by atoms with Crippen LogP contribution in [0.25, 0.3) is 0 Å². The van der Waals surface area contributed by atoms with E-state index in [1.54, 1.807) is 0 Å². The Labute approximate surface area is 283 Å². The average molecular weight is 697 g/mol. The summed E-state index contributed by atoms with van der Waals surface area (Å²) in [6.07, 6.45) is 0.619. The molecule has 0 saturated carbocycles. The maximum atomic E-state index is 14.1. The molecule has 1 unspecified atom stereocenters. The molecule has 47 heavy (non-hydrogen) atoms. The van der Waals surface area contributed by atoms with Crippen molar-refractivity contribution in [3.05, 3.63) is 94.1 Å². The Hall–Kier alpha value is -4.73. The van der Waals surface area contributed by atoms with Gasteiger partial charge in [0, 0.05) is 16.2 Å². The lowest BCUT2D eigenvalue weighted by Gasteiger charge is -2.50. The Balaban J connectivity index is 1.41. The zero-order chi connectivity index (χ0) is 33.5. The minimum absolute atomic E-state index is 0.000584. The van der Waals surface area contributed by atoms with Gasteiger partial charge in [-0.1, -0.05) is 71.0 Å². The summed E-state index contributed by atoms with van der Waals surface area (Å²) in [5.74, 6) is -2.77. The van der Waals surface area contributed by atoms with Gasteiger partial charge in [-0.15, -0.1) is 34.7 Å². The van der Waals surface area contributed by atoms with Crippen LogP contribution < -0.4 is 10.6 Å². The van der Waals surface area contributed by atoms with Crippen molar-refractivity contribution >= 4 is 75.4 Å². The van der Waals surface area contributed by atoms with Crippen molar-refractivity contribution in [3.63, 3.8) is 0 Å². The summed E-state index contributed by atoms with van der Waals surface area (Å²) < 4.78 is 6.13. The molecule has 1 fully saturated rings. The fraction of sp³-hybridized carbons (Fsp3) is 0.258. The van der Waals surface area contributed by atoms with Gasteiger partial charge >= 0.3 is 5.97 Å². The van der Waals surface area contributed by atoms with E-state index in [4.69, 9.17) is 26.0 Å². The molecule has 0 radical (unpaired) electrons. The number of esters is 1. The van der Waals surface area contributed by atoms with E-state index in [0.717, 1.165) is 22.5 Å². The number of hydrogen-bond donors (Lipinski definition) is 2. The van der Waals surface area contributed by atoms with Crippen LogP contribution in [0.1, 0.15) is 29.8 Å². The number of carbonyl (C=O) groups excluding carboxylic acids is 4. The van der Waals surface area contributed by atoms with Gasteiger partial charge in [0.15, 0.2) is 16.9 Å². The molecule has 2 aliphatic heterocycles. The van der Waals surface area contributed by atoms with Gasteiger partial charge in [-0.05, 0) is 18.1 Å². The first-order valence-corrected chi connectivity index (χ1v) is 16.5. The molecule has 16 heteroatoms. The van der Waals surface area contributed by atoms with Gasteiger partial charge < -0.3 is 25.0 Å². The predicted octanol–water partition coefficient (Wildman–Crippen LogP) is 3.68. The quantitative estimate of drug-likeness (QED) is 0.0947. The van der Waals surface area contributed by atoms with Crippen LogP contribution in [-0.4, -0.2) is 82.3 Å². The summed E-state index contributed by atoms with van der Waals surface area (Å²) >= 11 is 7.95. The molecule has 1 aromatic heterocycles. The summed E-state index contributed by atoms with van der Waals surface area (Å²) in [5.41, 5.74) is 1.81. The number of β-lactam (4-membered cyclic amide) rings is 1. The molecule has 13 nitrogen and oxygen atoms in total. The van der Waals surface area contributed by atoms with E-state index < -0.39 is 41.2 Å². The summed E-state index contributed by atoms with van der Waals surface area (Å²) in [6, 6.07) is 17.5. The van der Waals surface area contributed by atoms with Crippen molar-refractivity contribution in [2.45, 2.75) is 29.7 Å². The molecule has 2 N–H and O–H groups in total. The van der Waals surface area contributed by atoms with Crippen molar-refractivity contribution in [2.75, 3.05) is 25.4 Å². The highest BCUT2D eigenvalue weighted by Crippen LogP contribution is 2.44. The molecule has 5 rings (SSSR count). The number of carbonyl (C=O) groups is 4. The highest BCUT2D eigenvalue weighted by atomic mass is 35.5. The van der Waals surface area contributed by atoms with Crippen molar-refractivity contribution in [2.24, 2.45) is 10.3 Å². The van der Waals surface area contributed by atoms with Gasteiger partial charge in [0.25, 0.3) is 11.8 Å². The fourth-order valence-electron chi connectivity index (χ4n) is 4.92. The number of nitrogens with one attached hydrogen (secondary N) is 2. The Morgan fingerprint density at radius 2 is 1.72 bits per heavy atom.